The predicted octanol–water partition coefficient (Wildman–Crippen LogP) is 3.36. The highest BCUT2D eigenvalue weighted by Crippen LogP contribution is 2.37. The van der Waals surface area contributed by atoms with Gasteiger partial charge in [0.2, 0.25) is 0 Å². The van der Waals surface area contributed by atoms with Gasteiger partial charge in [0.25, 0.3) is 9.84 Å². The fourth-order valence-electron chi connectivity index (χ4n) is 3.57. The summed E-state index contributed by atoms with van der Waals surface area (Å²) < 4.78 is 31.2. The van der Waals surface area contributed by atoms with Crippen LogP contribution in [0.15, 0.2) is 54.6 Å². The van der Waals surface area contributed by atoms with Crippen LogP contribution in [-0.4, -0.2) is 31.6 Å². The van der Waals surface area contributed by atoms with Crippen molar-refractivity contribution in [1.82, 2.24) is 5.32 Å². The van der Waals surface area contributed by atoms with E-state index in [0.29, 0.717) is 12.0 Å². The Labute approximate surface area is 171 Å². The topological polar surface area (TPSA) is 89.5 Å². The summed E-state index contributed by atoms with van der Waals surface area (Å²) >= 11 is 0. The van der Waals surface area contributed by atoms with Crippen molar-refractivity contribution in [1.29, 1.82) is 0 Å². The van der Waals surface area contributed by atoms with Crippen LogP contribution in [0.5, 0.6) is 0 Å². The molecule has 1 N–H and O–H groups in total. The van der Waals surface area contributed by atoms with E-state index in [2.05, 4.69) is 5.32 Å². The largest absolute Gasteiger partial charge is 0.449 e. The van der Waals surface area contributed by atoms with Gasteiger partial charge in [-0.25, -0.2) is 13.2 Å². The molecule has 0 fully saturated rings. The summed E-state index contributed by atoms with van der Waals surface area (Å²) in [5.41, 5.74) is 2.20. The van der Waals surface area contributed by atoms with Crippen molar-refractivity contribution in [2.75, 3.05) is 0 Å². The Hall–Kier alpha value is -2.51. The molecule has 0 saturated carbocycles. The number of ether oxygens (including phenoxy) is 1. The standard InChI is InChI=1S/C22H25NO5S/c1-15(16(2)24)23-19-12-18-10-6-7-11-20(18)21(13-19)29(26,27)22(25)28-14-17-8-4-3-5-9-17/h3-11,15,19,21,23H,12-14H2,1-2H3/t15?,19-,21?/m1/s1. The van der Waals surface area contributed by atoms with E-state index < -0.39 is 26.4 Å². The third-order valence-corrected chi connectivity index (χ3v) is 7.05. The van der Waals surface area contributed by atoms with Crippen molar-refractivity contribution in [2.24, 2.45) is 0 Å². The second-order valence-electron chi connectivity index (χ2n) is 7.39. The number of hydrogen-bond acceptors (Lipinski definition) is 6. The van der Waals surface area contributed by atoms with Gasteiger partial charge in [0.1, 0.15) is 12.4 Å². The number of Topliss-reactive ketones (excluding diaryl/α,β-unsaturated/α-hetero) is 1. The maximum Gasteiger partial charge on any atom is 0.425 e. The van der Waals surface area contributed by atoms with Crippen LogP contribution in [0.3, 0.4) is 0 Å². The van der Waals surface area contributed by atoms with Crippen molar-refractivity contribution in [3.63, 3.8) is 0 Å². The number of ketones is 1. The highest BCUT2D eigenvalue weighted by Gasteiger charge is 2.41. The van der Waals surface area contributed by atoms with Crippen LogP contribution in [0, 0.1) is 0 Å². The maximum atomic E-state index is 13.1. The molecule has 6 nitrogen and oxygen atoms in total. The smallest absolute Gasteiger partial charge is 0.425 e. The zero-order chi connectivity index (χ0) is 21.0. The Morgan fingerprint density at radius 3 is 2.45 bits per heavy atom. The lowest BCUT2D eigenvalue weighted by molar-refractivity contribution is -0.118. The normalized spacial score (nSPS) is 19.8. The first-order valence-electron chi connectivity index (χ1n) is 9.58. The second kappa shape index (κ2) is 8.88. The van der Waals surface area contributed by atoms with Crippen molar-refractivity contribution in [3.8, 4) is 0 Å². The summed E-state index contributed by atoms with van der Waals surface area (Å²) in [6.45, 7) is 3.14. The van der Waals surface area contributed by atoms with Crippen LogP contribution in [0.4, 0.5) is 4.79 Å². The van der Waals surface area contributed by atoms with E-state index in [1.807, 2.05) is 18.2 Å². The highest BCUT2D eigenvalue weighted by atomic mass is 32.2. The Bertz CT molecular complexity index is 987. The average molecular weight is 416 g/mol. The molecule has 2 aromatic carbocycles. The van der Waals surface area contributed by atoms with Crippen LogP contribution in [0.1, 0.15) is 42.2 Å². The number of nitrogens with one attached hydrogen (secondary N) is 1. The van der Waals surface area contributed by atoms with Crippen LogP contribution in [0.25, 0.3) is 0 Å². The summed E-state index contributed by atoms with van der Waals surface area (Å²) in [7, 11) is -4.22. The Kier molecular flexibility index (Phi) is 6.49. The Balaban J connectivity index is 1.81. The van der Waals surface area contributed by atoms with Gasteiger partial charge in [0.05, 0.1) is 11.3 Å². The molecule has 0 bridgehead atoms. The van der Waals surface area contributed by atoms with E-state index >= 15 is 0 Å². The molecule has 1 aliphatic rings. The summed E-state index contributed by atoms with van der Waals surface area (Å²) in [5.74, 6) is -0.0227. The number of carbonyl (C=O) groups is 2. The zero-order valence-corrected chi connectivity index (χ0v) is 17.3. The molecule has 0 saturated heterocycles. The monoisotopic (exact) mass is 415 g/mol. The van der Waals surface area contributed by atoms with E-state index in [4.69, 9.17) is 4.74 Å². The Morgan fingerprint density at radius 1 is 1.10 bits per heavy atom. The number of carbonyl (C=O) groups excluding carboxylic acids is 2. The van der Waals surface area contributed by atoms with Crippen molar-refractivity contribution in [3.05, 3.63) is 71.3 Å². The minimum atomic E-state index is -4.22. The first kappa shape index (κ1) is 21.2. The van der Waals surface area contributed by atoms with E-state index in [1.165, 1.54) is 6.92 Å². The molecule has 0 radical (unpaired) electrons. The van der Waals surface area contributed by atoms with Crippen LogP contribution >= 0.6 is 0 Å². The van der Waals surface area contributed by atoms with E-state index in [9.17, 15) is 18.0 Å². The van der Waals surface area contributed by atoms with Gasteiger partial charge >= 0.3 is 5.30 Å². The fourth-order valence-corrected chi connectivity index (χ4v) is 5.08. The van der Waals surface area contributed by atoms with Crippen molar-refractivity contribution < 1.29 is 22.7 Å². The predicted molar refractivity (Wildman–Crippen MR) is 110 cm³/mol. The van der Waals surface area contributed by atoms with Crippen LogP contribution < -0.4 is 5.32 Å². The lowest BCUT2D eigenvalue weighted by atomic mass is 9.87. The van der Waals surface area contributed by atoms with E-state index in [-0.39, 0.29) is 24.9 Å². The van der Waals surface area contributed by atoms with Crippen LogP contribution in [-0.2, 0) is 32.4 Å². The van der Waals surface area contributed by atoms with Gasteiger partial charge in [-0.15, -0.1) is 0 Å². The lowest BCUT2D eigenvalue weighted by Crippen LogP contribution is -2.45. The number of fused-ring (bicyclic) bond motifs is 1. The number of rotatable bonds is 6. The number of sulfone groups is 1. The minimum absolute atomic E-state index is 0.0227. The third-order valence-electron chi connectivity index (χ3n) is 5.27. The quantitative estimate of drug-likeness (QED) is 0.728. The molecule has 0 aliphatic heterocycles. The molecule has 1 aliphatic carbocycles. The summed E-state index contributed by atoms with van der Waals surface area (Å²) in [5, 5.41) is 0.964. The van der Waals surface area contributed by atoms with E-state index in [1.54, 1.807) is 43.3 Å². The maximum absolute atomic E-state index is 13.1. The molecular weight excluding hydrogens is 390 g/mol. The zero-order valence-electron chi connectivity index (χ0n) is 16.5. The molecule has 0 aromatic heterocycles. The first-order chi connectivity index (χ1) is 13.8. The lowest BCUT2D eigenvalue weighted by Gasteiger charge is -2.32. The summed E-state index contributed by atoms with van der Waals surface area (Å²) in [6, 6.07) is 15.5. The molecular formula is C22H25NO5S. The highest BCUT2D eigenvalue weighted by molar-refractivity contribution is 8.05. The molecule has 3 rings (SSSR count). The molecule has 2 aromatic rings. The molecule has 3 atom stereocenters. The first-order valence-corrected chi connectivity index (χ1v) is 11.1. The molecule has 29 heavy (non-hydrogen) atoms. The molecule has 2 unspecified atom stereocenters. The number of hydrogen-bond donors (Lipinski definition) is 1. The molecule has 0 heterocycles. The molecule has 154 valence electrons. The molecule has 0 amide bonds. The van der Waals surface area contributed by atoms with E-state index in [0.717, 1.165) is 11.1 Å². The number of benzene rings is 2. The van der Waals surface area contributed by atoms with Gasteiger partial charge in [-0.05, 0) is 43.4 Å². The van der Waals surface area contributed by atoms with Crippen LogP contribution in [0.2, 0.25) is 0 Å². The Morgan fingerprint density at radius 2 is 1.76 bits per heavy atom. The van der Waals surface area contributed by atoms with Gasteiger partial charge in [-0.3, -0.25) is 4.79 Å². The van der Waals surface area contributed by atoms with Crippen molar-refractivity contribution in [2.45, 2.75) is 50.6 Å². The van der Waals surface area contributed by atoms with Gasteiger partial charge < -0.3 is 10.1 Å². The van der Waals surface area contributed by atoms with Gasteiger partial charge in [-0.2, -0.15) is 0 Å². The fraction of sp³-hybridized carbons (Fsp3) is 0.364. The SMILES string of the molecule is CC(=O)C(C)N[C@@H]1Cc2ccccc2C(S(=O)(=O)C(=O)OCc2ccccc2)C1. The second-order valence-corrected chi connectivity index (χ2v) is 9.38. The van der Waals surface area contributed by atoms with Gasteiger partial charge in [0.15, 0.2) is 0 Å². The van der Waals surface area contributed by atoms with Gasteiger partial charge in [0, 0.05) is 6.04 Å². The minimum Gasteiger partial charge on any atom is -0.449 e. The molecule has 0 spiro atoms. The van der Waals surface area contributed by atoms with Gasteiger partial charge in [-0.1, -0.05) is 54.6 Å². The average Bonchev–Trinajstić information content (AvgIpc) is 2.71. The molecule has 7 heteroatoms. The third kappa shape index (κ3) is 4.92. The summed E-state index contributed by atoms with van der Waals surface area (Å²) in [6.07, 6.45) is 0.802. The summed E-state index contributed by atoms with van der Waals surface area (Å²) in [4.78, 5) is 24.1. The van der Waals surface area contributed by atoms with Crippen molar-refractivity contribution >= 4 is 20.9 Å².